The highest BCUT2D eigenvalue weighted by Crippen LogP contribution is 2.27. The van der Waals surface area contributed by atoms with Gasteiger partial charge in [-0.2, -0.15) is 0 Å². The van der Waals surface area contributed by atoms with Crippen LogP contribution in [0.5, 0.6) is 0 Å². The summed E-state index contributed by atoms with van der Waals surface area (Å²) in [5.41, 5.74) is 0.848. The minimum Gasteiger partial charge on any atom is -0.294 e. The third-order valence-electron chi connectivity index (χ3n) is 3.68. The zero-order valence-electron chi connectivity index (χ0n) is 10.3. The molecule has 1 fully saturated rings. The molecule has 0 unspecified atom stereocenters. The fourth-order valence-corrected chi connectivity index (χ4v) is 2.60. The predicted octanol–water partition coefficient (Wildman–Crippen LogP) is 4.29. The quantitative estimate of drug-likeness (QED) is 0.551. The van der Waals surface area contributed by atoms with Gasteiger partial charge in [0.15, 0.2) is 5.78 Å². The lowest BCUT2D eigenvalue weighted by molar-refractivity contribution is 0.0903. The summed E-state index contributed by atoms with van der Waals surface area (Å²) in [5, 5.41) is 0. The van der Waals surface area contributed by atoms with E-state index in [-0.39, 0.29) is 23.1 Å². The molecule has 1 aliphatic rings. The second-order valence-corrected chi connectivity index (χ2v) is 4.99. The number of hydrogen-bond donors (Lipinski definition) is 0. The number of benzene rings is 1. The van der Waals surface area contributed by atoms with Gasteiger partial charge in [-0.15, -0.1) is 0 Å². The molecule has 0 aliphatic heterocycles. The molecule has 0 amide bonds. The molecule has 1 aromatic carbocycles. The molecule has 2 heteroatoms. The summed E-state index contributed by atoms with van der Waals surface area (Å²) in [6, 6.07) is 5.09. The zero-order chi connectivity index (χ0) is 12.3. The Morgan fingerprint density at radius 1 is 1.18 bits per heavy atom. The van der Waals surface area contributed by atoms with Crippen molar-refractivity contribution in [3.8, 4) is 0 Å². The molecule has 0 bridgehead atoms. The molecule has 0 atom stereocenters. The maximum absolute atomic E-state index is 13.9. The van der Waals surface area contributed by atoms with Crippen LogP contribution in [-0.2, 0) is 0 Å². The molecule has 92 valence electrons. The second kappa shape index (κ2) is 5.44. The Balaban J connectivity index is 2.20. The third-order valence-corrected chi connectivity index (χ3v) is 3.68. The van der Waals surface area contributed by atoms with Crippen molar-refractivity contribution in [1.29, 1.82) is 0 Å². The van der Waals surface area contributed by atoms with Crippen LogP contribution >= 0.6 is 0 Å². The molecule has 17 heavy (non-hydrogen) atoms. The standard InChI is InChI=1S/C15H19FO/c1-11-7-6-10-13(14(11)16)15(17)12-8-4-2-3-5-9-12/h6-7,10,12H,2-5,8-9H2,1H3. The highest BCUT2D eigenvalue weighted by Gasteiger charge is 2.23. The summed E-state index contributed by atoms with van der Waals surface area (Å²) in [6.07, 6.45) is 6.46. The summed E-state index contributed by atoms with van der Waals surface area (Å²) in [5.74, 6) is -0.288. The molecule has 0 saturated heterocycles. The van der Waals surface area contributed by atoms with Crippen LogP contribution in [0, 0.1) is 18.7 Å². The van der Waals surface area contributed by atoms with Gasteiger partial charge in [0.2, 0.25) is 0 Å². The van der Waals surface area contributed by atoms with Crippen molar-refractivity contribution < 1.29 is 9.18 Å². The van der Waals surface area contributed by atoms with Gasteiger partial charge in [-0.25, -0.2) is 4.39 Å². The van der Waals surface area contributed by atoms with Crippen LogP contribution in [-0.4, -0.2) is 5.78 Å². The van der Waals surface area contributed by atoms with Crippen molar-refractivity contribution in [3.05, 3.63) is 35.1 Å². The monoisotopic (exact) mass is 234 g/mol. The van der Waals surface area contributed by atoms with E-state index in [9.17, 15) is 9.18 Å². The Bertz CT molecular complexity index is 403. The van der Waals surface area contributed by atoms with Crippen LogP contribution in [0.25, 0.3) is 0 Å². The first kappa shape index (κ1) is 12.3. The first-order valence-corrected chi connectivity index (χ1v) is 6.49. The van der Waals surface area contributed by atoms with E-state index in [0.29, 0.717) is 5.56 Å². The van der Waals surface area contributed by atoms with E-state index < -0.39 is 0 Å². The van der Waals surface area contributed by atoms with E-state index in [1.165, 1.54) is 12.8 Å². The molecule has 1 nitrogen and oxygen atoms in total. The highest BCUT2D eigenvalue weighted by atomic mass is 19.1. The average Bonchev–Trinajstić information content (AvgIpc) is 2.60. The van der Waals surface area contributed by atoms with Crippen LogP contribution in [0.15, 0.2) is 18.2 Å². The molecular weight excluding hydrogens is 215 g/mol. The van der Waals surface area contributed by atoms with E-state index in [0.717, 1.165) is 25.7 Å². The normalized spacial score (nSPS) is 17.8. The number of rotatable bonds is 2. The molecule has 0 aromatic heterocycles. The number of hydrogen-bond acceptors (Lipinski definition) is 1. The molecule has 0 heterocycles. The minimum atomic E-state index is -0.332. The topological polar surface area (TPSA) is 17.1 Å². The summed E-state index contributed by atoms with van der Waals surface area (Å²) in [7, 11) is 0. The number of halogens is 1. The SMILES string of the molecule is Cc1cccc(C(=O)C2CCCCCC2)c1F. The largest absolute Gasteiger partial charge is 0.294 e. The van der Waals surface area contributed by atoms with Crippen molar-refractivity contribution in [2.24, 2.45) is 5.92 Å². The van der Waals surface area contributed by atoms with E-state index in [1.807, 2.05) is 0 Å². The smallest absolute Gasteiger partial charge is 0.168 e. The lowest BCUT2D eigenvalue weighted by Crippen LogP contribution is -2.16. The third kappa shape index (κ3) is 2.74. The average molecular weight is 234 g/mol. The van der Waals surface area contributed by atoms with Gasteiger partial charge < -0.3 is 0 Å². The molecule has 0 N–H and O–H groups in total. The Kier molecular flexibility index (Phi) is 3.93. The van der Waals surface area contributed by atoms with Crippen molar-refractivity contribution in [2.75, 3.05) is 0 Å². The van der Waals surface area contributed by atoms with Gasteiger partial charge >= 0.3 is 0 Å². The highest BCUT2D eigenvalue weighted by molar-refractivity contribution is 5.98. The van der Waals surface area contributed by atoms with Crippen molar-refractivity contribution in [1.82, 2.24) is 0 Å². The lowest BCUT2D eigenvalue weighted by Gasteiger charge is -2.13. The van der Waals surface area contributed by atoms with Gasteiger partial charge in [-0.3, -0.25) is 4.79 Å². The van der Waals surface area contributed by atoms with Crippen LogP contribution < -0.4 is 0 Å². The van der Waals surface area contributed by atoms with Crippen molar-refractivity contribution in [3.63, 3.8) is 0 Å². The predicted molar refractivity (Wildman–Crippen MR) is 66.7 cm³/mol. The van der Waals surface area contributed by atoms with E-state index in [2.05, 4.69) is 0 Å². The maximum Gasteiger partial charge on any atom is 0.168 e. The molecule has 1 aromatic rings. The first-order valence-electron chi connectivity index (χ1n) is 6.49. The molecule has 1 aliphatic carbocycles. The fraction of sp³-hybridized carbons (Fsp3) is 0.533. The summed E-state index contributed by atoms with van der Waals surface area (Å²) >= 11 is 0. The molecular formula is C15H19FO. The van der Waals surface area contributed by atoms with Crippen LogP contribution in [0.2, 0.25) is 0 Å². The van der Waals surface area contributed by atoms with Crippen LogP contribution in [0.3, 0.4) is 0 Å². The van der Waals surface area contributed by atoms with Gasteiger partial charge in [0.1, 0.15) is 5.82 Å². The Hall–Kier alpha value is -1.18. The van der Waals surface area contributed by atoms with Crippen molar-refractivity contribution in [2.45, 2.75) is 45.4 Å². The molecule has 2 rings (SSSR count). The second-order valence-electron chi connectivity index (χ2n) is 4.99. The molecule has 1 saturated carbocycles. The Morgan fingerprint density at radius 3 is 2.47 bits per heavy atom. The van der Waals surface area contributed by atoms with Gasteiger partial charge in [-0.1, -0.05) is 37.8 Å². The summed E-state index contributed by atoms with van der Waals surface area (Å²) < 4.78 is 13.9. The number of carbonyl (C=O) groups is 1. The fourth-order valence-electron chi connectivity index (χ4n) is 2.60. The summed E-state index contributed by atoms with van der Waals surface area (Å²) in [6.45, 7) is 1.71. The number of Topliss-reactive ketones (excluding diaryl/α,β-unsaturated/α-hetero) is 1. The van der Waals surface area contributed by atoms with Gasteiger partial charge in [0.05, 0.1) is 5.56 Å². The number of aryl methyl sites for hydroxylation is 1. The molecule has 0 radical (unpaired) electrons. The lowest BCUT2D eigenvalue weighted by atomic mass is 9.90. The van der Waals surface area contributed by atoms with E-state index in [1.54, 1.807) is 25.1 Å². The van der Waals surface area contributed by atoms with Gasteiger partial charge in [0, 0.05) is 5.92 Å². The van der Waals surface area contributed by atoms with Crippen LogP contribution in [0.4, 0.5) is 4.39 Å². The van der Waals surface area contributed by atoms with Crippen molar-refractivity contribution >= 4 is 5.78 Å². The Labute approximate surface area is 102 Å². The zero-order valence-corrected chi connectivity index (χ0v) is 10.3. The minimum absolute atomic E-state index is 0.00750. The number of ketones is 1. The summed E-state index contributed by atoms with van der Waals surface area (Å²) in [4.78, 5) is 12.3. The van der Waals surface area contributed by atoms with Gasteiger partial charge in [-0.05, 0) is 31.4 Å². The van der Waals surface area contributed by atoms with Crippen LogP contribution in [0.1, 0.15) is 54.4 Å². The Morgan fingerprint density at radius 2 is 1.82 bits per heavy atom. The van der Waals surface area contributed by atoms with E-state index >= 15 is 0 Å². The first-order chi connectivity index (χ1) is 8.20. The maximum atomic E-state index is 13.9. The van der Waals surface area contributed by atoms with E-state index in [4.69, 9.17) is 0 Å². The van der Waals surface area contributed by atoms with Gasteiger partial charge in [0.25, 0.3) is 0 Å². The molecule has 0 spiro atoms. The number of carbonyl (C=O) groups excluding carboxylic acids is 1.